The monoisotopic (exact) mass is 668 g/mol. The topological polar surface area (TPSA) is 51.8 Å². The molecule has 3 aromatic heterocycles. The Morgan fingerprint density at radius 1 is 0.440 bits per heavy atom. The van der Waals surface area contributed by atoms with E-state index >= 15 is 0 Å². The maximum atomic E-state index is 9.59. The molecule has 5 heteroatoms. The van der Waals surface area contributed by atoms with Crippen molar-refractivity contribution >= 4 is 53.4 Å². The lowest BCUT2D eigenvalue weighted by Gasteiger charge is -2.10. The SMILES string of the molecule is [2H]c1c([2H])c([2H])c(-c2c([2H])c([2H])c3sc4c([2H])c(-c5nc(-c6ccc(-c7ccccc7)cc6)nc(-c6cccc7oc8ccccc8c67)n5)c([2H])c([2H])c4c3c2[2H])c([2H])c1[2H]. The molecule has 0 spiro atoms. The van der Waals surface area contributed by atoms with Gasteiger partial charge in [0.1, 0.15) is 11.2 Å². The highest BCUT2D eigenvalue weighted by Crippen LogP contribution is 2.40. The van der Waals surface area contributed by atoms with Gasteiger partial charge in [-0.1, -0.05) is 133 Å². The van der Waals surface area contributed by atoms with Crippen molar-refractivity contribution in [3.8, 4) is 56.4 Å². The lowest BCUT2D eigenvalue weighted by molar-refractivity contribution is 0.669. The van der Waals surface area contributed by atoms with Gasteiger partial charge in [-0.05, 0) is 52.5 Å². The van der Waals surface area contributed by atoms with Crippen molar-refractivity contribution in [2.75, 3.05) is 0 Å². The molecule has 7 aromatic carbocycles. The van der Waals surface area contributed by atoms with Crippen LogP contribution in [0.15, 0.2) is 168 Å². The molecule has 0 atom stereocenters. The van der Waals surface area contributed by atoms with Crippen LogP contribution in [0.25, 0.3) is 98.5 Å². The first kappa shape index (κ1) is 19.5. The number of fused-ring (bicyclic) bond motifs is 6. The zero-order valence-corrected chi connectivity index (χ0v) is 26.7. The van der Waals surface area contributed by atoms with Crippen LogP contribution in [-0.4, -0.2) is 15.0 Å². The second-order valence-electron chi connectivity index (χ2n) is 11.5. The van der Waals surface area contributed by atoms with Gasteiger partial charge in [0.2, 0.25) is 0 Å². The highest BCUT2D eigenvalue weighted by molar-refractivity contribution is 7.25. The number of hydrogen-bond acceptors (Lipinski definition) is 5. The van der Waals surface area contributed by atoms with E-state index < -0.39 is 66.0 Å². The van der Waals surface area contributed by atoms with Crippen LogP contribution >= 0.6 is 11.3 Å². The molecule has 10 aromatic rings. The van der Waals surface area contributed by atoms with Crippen LogP contribution in [0.4, 0.5) is 0 Å². The zero-order chi connectivity index (χ0) is 42.6. The Morgan fingerprint density at radius 3 is 2.00 bits per heavy atom. The van der Waals surface area contributed by atoms with E-state index in [1.54, 1.807) is 0 Å². The number of furan rings is 1. The second kappa shape index (κ2) is 11.6. The normalized spacial score (nSPS) is 14.7. The molecule has 0 fully saturated rings. The van der Waals surface area contributed by atoms with Gasteiger partial charge >= 0.3 is 0 Å². The molecule has 0 bridgehead atoms. The number of aromatic nitrogens is 3. The van der Waals surface area contributed by atoms with Gasteiger partial charge in [0.05, 0.1) is 15.1 Å². The van der Waals surface area contributed by atoms with E-state index in [0.29, 0.717) is 22.3 Å². The van der Waals surface area contributed by atoms with E-state index in [2.05, 4.69) is 0 Å². The molecule has 0 amide bonds. The molecule has 0 aliphatic carbocycles. The van der Waals surface area contributed by atoms with E-state index in [9.17, 15) is 5.48 Å². The van der Waals surface area contributed by atoms with Crippen molar-refractivity contribution < 1.29 is 19.5 Å². The van der Waals surface area contributed by atoms with Gasteiger partial charge in [0.15, 0.2) is 17.5 Å². The fraction of sp³-hybridized carbons (Fsp3) is 0. The van der Waals surface area contributed by atoms with Gasteiger partial charge in [0.25, 0.3) is 0 Å². The number of para-hydroxylation sites is 1. The summed E-state index contributed by atoms with van der Waals surface area (Å²) in [5.41, 5.74) is 3.62. The minimum Gasteiger partial charge on any atom is -0.456 e. The van der Waals surface area contributed by atoms with Crippen LogP contribution in [0.3, 0.4) is 0 Å². The third-order valence-corrected chi connectivity index (χ3v) is 9.53. The Kier molecular flexibility index (Phi) is 4.54. The van der Waals surface area contributed by atoms with Gasteiger partial charge in [0, 0.05) is 47.6 Å². The third kappa shape index (κ3) is 4.87. The molecule has 0 aliphatic rings. The van der Waals surface area contributed by atoms with E-state index in [1.165, 1.54) is 0 Å². The Labute approximate surface area is 307 Å². The maximum absolute atomic E-state index is 9.59. The summed E-state index contributed by atoms with van der Waals surface area (Å²) in [4.78, 5) is 14.7. The molecule has 50 heavy (non-hydrogen) atoms. The summed E-state index contributed by atoms with van der Waals surface area (Å²) in [5, 5.41) is 1.55. The summed E-state index contributed by atoms with van der Waals surface area (Å²) in [6.07, 6.45) is 0. The van der Waals surface area contributed by atoms with Crippen molar-refractivity contribution in [3.05, 3.63) is 164 Å². The van der Waals surface area contributed by atoms with Gasteiger partial charge in [-0.3, -0.25) is 0 Å². The van der Waals surface area contributed by atoms with Crippen LogP contribution in [0.2, 0.25) is 0 Å². The van der Waals surface area contributed by atoms with Crippen molar-refractivity contribution in [1.82, 2.24) is 15.0 Å². The van der Waals surface area contributed by atoms with Crippen molar-refractivity contribution in [2.45, 2.75) is 0 Å². The van der Waals surface area contributed by atoms with Gasteiger partial charge < -0.3 is 4.42 Å². The zero-order valence-electron chi connectivity index (χ0n) is 36.9. The molecular formula is C45H27N3OS. The van der Waals surface area contributed by atoms with E-state index in [1.807, 2.05) is 97.1 Å². The Morgan fingerprint density at radius 2 is 1.14 bits per heavy atom. The molecule has 0 unspecified atom stereocenters. The molecule has 10 rings (SSSR count). The molecule has 4 nitrogen and oxygen atoms in total. The minimum atomic E-state index is -0.662. The number of hydrogen-bond donors (Lipinski definition) is 0. The van der Waals surface area contributed by atoms with Crippen LogP contribution < -0.4 is 0 Å². The highest BCUT2D eigenvalue weighted by Gasteiger charge is 2.18. The van der Waals surface area contributed by atoms with Crippen molar-refractivity contribution in [3.63, 3.8) is 0 Å². The Hall–Kier alpha value is -6.43. The molecule has 3 heterocycles. The fourth-order valence-corrected chi connectivity index (χ4v) is 7.11. The van der Waals surface area contributed by atoms with Crippen LogP contribution in [0.1, 0.15) is 15.1 Å². The van der Waals surface area contributed by atoms with E-state index in [0.717, 1.165) is 33.2 Å². The molecule has 0 saturated carbocycles. The fourth-order valence-electron chi connectivity index (χ4n) is 6.14. The largest absolute Gasteiger partial charge is 0.456 e. The molecule has 0 radical (unpaired) electrons. The van der Waals surface area contributed by atoms with Crippen LogP contribution in [0.5, 0.6) is 0 Å². The van der Waals surface area contributed by atoms with Gasteiger partial charge in [-0.15, -0.1) is 11.3 Å². The Balaban J connectivity index is 1.24. The summed E-state index contributed by atoms with van der Waals surface area (Å²) < 4.78 is 104. The van der Waals surface area contributed by atoms with Crippen LogP contribution in [-0.2, 0) is 0 Å². The molecule has 0 N–H and O–H groups in total. The Bertz CT molecular complexity index is 3470. The highest BCUT2D eigenvalue weighted by atomic mass is 32.1. The van der Waals surface area contributed by atoms with E-state index in [4.69, 9.17) is 29.0 Å². The maximum Gasteiger partial charge on any atom is 0.164 e. The average molecular weight is 669 g/mol. The number of thiophene rings is 1. The summed E-state index contributed by atoms with van der Waals surface area (Å²) in [5.74, 6) is 0.420. The number of rotatable bonds is 5. The minimum absolute atomic E-state index is 0.00787. The van der Waals surface area contributed by atoms with Gasteiger partial charge in [-0.25, -0.2) is 15.0 Å². The first-order valence-electron chi connectivity index (χ1n) is 21.2. The summed E-state index contributed by atoms with van der Waals surface area (Å²) in [6, 6.07) is 24.9. The van der Waals surface area contributed by atoms with Crippen molar-refractivity contribution in [1.29, 1.82) is 0 Å². The average Bonchev–Trinajstić information content (AvgIpc) is 3.88. The second-order valence-corrected chi connectivity index (χ2v) is 12.6. The smallest absolute Gasteiger partial charge is 0.164 e. The van der Waals surface area contributed by atoms with Crippen molar-refractivity contribution in [2.24, 2.45) is 0 Å². The van der Waals surface area contributed by atoms with Crippen LogP contribution in [0, 0.1) is 0 Å². The quantitative estimate of drug-likeness (QED) is 0.183. The molecule has 234 valence electrons. The molecular weight excluding hydrogens is 631 g/mol. The third-order valence-electron chi connectivity index (χ3n) is 8.51. The standard InChI is InChI=1S/C45H27N3OS/c1-3-10-28(11-4-1)30-18-20-31(21-19-30)43-46-44(48-45(47-43)36-15-9-17-39-42(36)35-14-7-8-16-38(35)49-39)33-22-24-34-37-26-32(29-12-5-2-6-13-29)23-25-40(37)50-41(34)27-33/h1-27H/i2D,5D,6D,12D,13D,22D,23D,24D,25D,26D,27D. The predicted molar refractivity (Wildman–Crippen MR) is 207 cm³/mol. The van der Waals surface area contributed by atoms with E-state index in [-0.39, 0.29) is 54.8 Å². The molecule has 0 aliphatic heterocycles. The lowest BCUT2D eigenvalue weighted by atomic mass is 10.0. The number of nitrogens with zero attached hydrogens (tertiary/aromatic N) is 3. The predicted octanol–water partition coefficient (Wildman–Crippen LogP) is 12.5. The summed E-state index contributed by atoms with van der Waals surface area (Å²) >= 11 is 0.901. The summed E-state index contributed by atoms with van der Waals surface area (Å²) in [6.45, 7) is 0. The number of benzene rings is 7. The lowest BCUT2D eigenvalue weighted by Crippen LogP contribution is -2.00. The first-order chi connectivity index (χ1) is 29.3. The first-order valence-corrected chi connectivity index (χ1v) is 16.5. The molecule has 0 saturated heterocycles. The summed E-state index contributed by atoms with van der Waals surface area (Å²) in [7, 11) is 0. The van der Waals surface area contributed by atoms with Gasteiger partial charge in [-0.2, -0.15) is 0 Å².